The Bertz CT molecular complexity index is 548. The van der Waals surface area contributed by atoms with E-state index < -0.39 is 5.60 Å². The first-order valence-electron chi connectivity index (χ1n) is 5.65. The molecule has 1 unspecified atom stereocenters. The monoisotopic (exact) mass is 225 g/mol. The van der Waals surface area contributed by atoms with Gasteiger partial charge in [0.2, 0.25) is 0 Å². The number of nitrogens with zero attached hydrogens (tertiary/aromatic N) is 1. The second kappa shape index (κ2) is 4.20. The van der Waals surface area contributed by atoms with Gasteiger partial charge in [-0.1, -0.05) is 42.0 Å². The van der Waals surface area contributed by atoms with Gasteiger partial charge >= 0.3 is 0 Å². The molecule has 0 fully saturated rings. The maximum atomic E-state index is 9.99. The minimum atomic E-state index is -1.33. The Morgan fingerprint density at radius 2 is 2.12 bits per heavy atom. The van der Waals surface area contributed by atoms with E-state index in [1.807, 2.05) is 30.4 Å². The molecular weight excluding hydrogens is 210 g/mol. The predicted molar refractivity (Wildman–Crippen MR) is 68.1 cm³/mol. The normalized spacial score (nSPS) is 23.6. The molecule has 0 saturated carbocycles. The van der Waals surface area contributed by atoms with Gasteiger partial charge in [0.15, 0.2) is 5.60 Å². The van der Waals surface area contributed by atoms with Gasteiger partial charge in [-0.3, -0.25) is 0 Å². The number of benzene rings is 1. The summed E-state index contributed by atoms with van der Waals surface area (Å²) in [6.07, 6.45) is 4.17. The lowest BCUT2D eigenvalue weighted by Crippen LogP contribution is -2.28. The van der Waals surface area contributed by atoms with Crippen molar-refractivity contribution in [2.45, 2.75) is 25.9 Å². The van der Waals surface area contributed by atoms with Crippen LogP contribution < -0.4 is 0 Å². The van der Waals surface area contributed by atoms with Crippen LogP contribution in [0.25, 0.3) is 5.57 Å². The molecule has 0 spiro atoms. The van der Waals surface area contributed by atoms with Crippen LogP contribution in [0.3, 0.4) is 0 Å². The summed E-state index contributed by atoms with van der Waals surface area (Å²) in [5, 5.41) is 18.9. The van der Waals surface area contributed by atoms with E-state index in [2.05, 4.69) is 19.1 Å². The van der Waals surface area contributed by atoms with Crippen LogP contribution in [0.4, 0.5) is 0 Å². The molecule has 1 atom stereocenters. The molecule has 0 aliphatic heterocycles. The van der Waals surface area contributed by atoms with Crippen LogP contribution in [-0.4, -0.2) is 10.7 Å². The van der Waals surface area contributed by atoms with E-state index in [1.54, 1.807) is 6.92 Å². The van der Waals surface area contributed by atoms with Crippen molar-refractivity contribution in [1.29, 1.82) is 5.26 Å². The van der Waals surface area contributed by atoms with Crippen LogP contribution in [0, 0.1) is 18.3 Å². The number of rotatable bonds is 1. The lowest BCUT2D eigenvalue weighted by Gasteiger charge is -2.24. The Kier molecular flexibility index (Phi) is 2.87. The summed E-state index contributed by atoms with van der Waals surface area (Å²) in [5.41, 5.74) is 2.79. The van der Waals surface area contributed by atoms with Crippen LogP contribution in [-0.2, 0) is 0 Å². The van der Waals surface area contributed by atoms with Crippen LogP contribution in [0.2, 0.25) is 0 Å². The summed E-state index contributed by atoms with van der Waals surface area (Å²) >= 11 is 0. The number of aryl methyl sites for hydroxylation is 1. The van der Waals surface area contributed by atoms with Gasteiger partial charge in [0.25, 0.3) is 0 Å². The van der Waals surface area contributed by atoms with Crippen molar-refractivity contribution in [3.8, 4) is 6.07 Å². The summed E-state index contributed by atoms with van der Waals surface area (Å²) in [5.74, 6) is 0. The Morgan fingerprint density at radius 1 is 1.35 bits per heavy atom. The largest absolute Gasteiger partial charge is 0.371 e. The van der Waals surface area contributed by atoms with Crippen molar-refractivity contribution >= 4 is 5.57 Å². The van der Waals surface area contributed by atoms with Gasteiger partial charge in [-0.2, -0.15) is 5.26 Å². The van der Waals surface area contributed by atoms with Gasteiger partial charge in [0, 0.05) is 6.42 Å². The zero-order valence-electron chi connectivity index (χ0n) is 10.1. The molecule has 1 aromatic carbocycles. The second-order valence-electron chi connectivity index (χ2n) is 4.53. The van der Waals surface area contributed by atoms with Crippen LogP contribution in [0.5, 0.6) is 0 Å². The number of nitriles is 1. The highest BCUT2D eigenvalue weighted by Gasteiger charge is 2.30. The van der Waals surface area contributed by atoms with Crippen molar-refractivity contribution in [2.75, 3.05) is 0 Å². The molecule has 0 bridgehead atoms. The van der Waals surface area contributed by atoms with Gasteiger partial charge in [0.1, 0.15) is 6.07 Å². The summed E-state index contributed by atoms with van der Waals surface area (Å²) in [6.45, 7) is 3.85. The maximum Gasteiger partial charge on any atom is 0.176 e. The van der Waals surface area contributed by atoms with Crippen molar-refractivity contribution in [3.05, 3.63) is 53.1 Å². The molecule has 2 heteroatoms. The fourth-order valence-electron chi connectivity index (χ4n) is 1.99. The van der Waals surface area contributed by atoms with Crippen LogP contribution >= 0.6 is 0 Å². The molecule has 0 heterocycles. The quantitative estimate of drug-likeness (QED) is 0.747. The molecule has 1 aliphatic rings. The Labute approximate surface area is 102 Å². The zero-order chi connectivity index (χ0) is 12.5. The van der Waals surface area contributed by atoms with Gasteiger partial charge in [-0.05, 0) is 30.6 Å². The SMILES string of the molecule is CC1=CC(c2cccc(C)c2)=CCC1(O)C#N. The van der Waals surface area contributed by atoms with E-state index in [4.69, 9.17) is 5.26 Å². The fraction of sp³-hybridized carbons (Fsp3) is 0.267. The second-order valence-corrected chi connectivity index (χ2v) is 4.53. The van der Waals surface area contributed by atoms with Gasteiger partial charge < -0.3 is 5.11 Å². The third-order valence-electron chi connectivity index (χ3n) is 3.18. The van der Waals surface area contributed by atoms with Crippen molar-refractivity contribution < 1.29 is 5.11 Å². The van der Waals surface area contributed by atoms with Crippen molar-refractivity contribution in [1.82, 2.24) is 0 Å². The Balaban J connectivity index is 2.37. The summed E-state index contributed by atoms with van der Waals surface area (Å²) in [6, 6.07) is 10.2. The van der Waals surface area contributed by atoms with Gasteiger partial charge in [0.05, 0.1) is 0 Å². The first-order chi connectivity index (χ1) is 8.05. The number of hydrogen-bond acceptors (Lipinski definition) is 2. The lowest BCUT2D eigenvalue weighted by atomic mass is 9.84. The molecular formula is C15H15NO. The number of aliphatic hydroxyl groups is 1. The van der Waals surface area contributed by atoms with Crippen LogP contribution in [0.15, 0.2) is 42.0 Å². The van der Waals surface area contributed by atoms with Crippen molar-refractivity contribution in [2.24, 2.45) is 0 Å². The van der Waals surface area contributed by atoms with Gasteiger partial charge in [-0.15, -0.1) is 0 Å². The summed E-state index contributed by atoms with van der Waals surface area (Å²) in [7, 11) is 0. The highest BCUT2D eigenvalue weighted by molar-refractivity contribution is 5.77. The average Bonchev–Trinajstić information content (AvgIpc) is 2.33. The zero-order valence-corrected chi connectivity index (χ0v) is 10.1. The number of hydrogen-bond donors (Lipinski definition) is 1. The van der Waals surface area contributed by atoms with E-state index in [-0.39, 0.29) is 0 Å². The smallest absolute Gasteiger partial charge is 0.176 e. The molecule has 17 heavy (non-hydrogen) atoms. The highest BCUT2D eigenvalue weighted by Crippen LogP contribution is 2.31. The summed E-state index contributed by atoms with van der Waals surface area (Å²) in [4.78, 5) is 0. The van der Waals surface area contributed by atoms with E-state index in [0.717, 1.165) is 11.1 Å². The van der Waals surface area contributed by atoms with E-state index in [0.29, 0.717) is 12.0 Å². The van der Waals surface area contributed by atoms with Crippen LogP contribution in [0.1, 0.15) is 24.5 Å². The third kappa shape index (κ3) is 2.15. The van der Waals surface area contributed by atoms with E-state index >= 15 is 0 Å². The topological polar surface area (TPSA) is 44.0 Å². The molecule has 0 aromatic heterocycles. The molecule has 1 aliphatic carbocycles. The molecule has 0 amide bonds. The Morgan fingerprint density at radius 3 is 2.71 bits per heavy atom. The van der Waals surface area contributed by atoms with Gasteiger partial charge in [-0.25, -0.2) is 0 Å². The predicted octanol–water partition coefficient (Wildman–Crippen LogP) is 2.98. The first kappa shape index (κ1) is 11.6. The summed E-state index contributed by atoms with van der Waals surface area (Å²) < 4.78 is 0. The third-order valence-corrected chi connectivity index (χ3v) is 3.18. The van der Waals surface area contributed by atoms with E-state index in [1.165, 1.54) is 5.56 Å². The molecule has 1 aromatic rings. The van der Waals surface area contributed by atoms with Crippen molar-refractivity contribution in [3.63, 3.8) is 0 Å². The molecule has 0 radical (unpaired) electrons. The average molecular weight is 225 g/mol. The molecule has 1 N–H and O–H groups in total. The molecule has 2 rings (SSSR count). The molecule has 2 nitrogen and oxygen atoms in total. The molecule has 86 valence electrons. The maximum absolute atomic E-state index is 9.99. The minimum absolute atomic E-state index is 0.356. The van der Waals surface area contributed by atoms with E-state index in [9.17, 15) is 5.11 Å². The lowest BCUT2D eigenvalue weighted by molar-refractivity contribution is 0.140. The number of allylic oxidation sites excluding steroid dienone is 2. The standard InChI is InChI=1S/C15H15NO/c1-11-4-3-5-13(8-11)14-6-7-15(17,10-16)12(2)9-14/h3-6,8-9,17H,7H2,1-2H3. The minimum Gasteiger partial charge on any atom is -0.371 e. The molecule has 0 saturated heterocycles. The first-order valence-corrected chi connectivity index (χ1v) is 5.65. The highest BCUT2D eigenvalue weighted by atomic mass is 16.3. The fourth-order valence-corrected chi connectivity index (χ4v) is 1.99. The Hall–Kier alpha value is -1.85.